The first-order chi connectivity index (χ1) is 16.9. The van der Waals surface area contributed by atoms with Gasteiger partial charge >= 0.3 is 0 Å². The quantitative estimate of drug-likeness (QED) is 0.223. The van der Waals surface area contributed by atoms with Gasteiger partial charge in [-0.1, -0.05) is 68.1 Å². The summed E-state index contributed by atoms with van der Waals surface area (Å²) in [4.78, 5) is 12.5. The molecule has 0 radical (unpaired) electrons. The van der Waals surface area contributed by atoms with Gasteiger partial charge in [0.1, 0.15) is 11.5 Å². The first-order valence-electron chi connectivity index (χ1n) is 11.4. The molecule has 35 heavy (non-hydrogen) atoms. The summed E-state index contributed by atoms with van der Waals surface area (Å²) in [6.45, 7) is 6.24. The lowest BCUT2D eigenvalue weighted by Gasteiger charge is -2.17. The normalized spacial score (nSPS) is 11.9. The van der Waals surface area contributed by atoms with Crippen molar-refractivity contribution in [2.24, 2.45) is 0 Å². The van der Waals surface area contributed by atoms with E-state index >= 15 is 0 Å². The Balaban J connectivity index is 1.53. The van der Waals surface area contributed by atoms with Crippen molar-refractivity contribution in [2.45, 2.75) is 37.9 Å². The zero-order chi connectivity index (χ0) is 24.8. The van der Waals surface area contributed by atoms with Crippen LogP contribution in [0.2, 0.25) is 0 Å². The van der Waals surface area contributed by atoms with Crippen LogP contribution in [0.25, 0.3) is 5.69 Å². The molecular weight excluding hydrogens is 460 g/mol. The number of carbonyl (C=O) groups excluding carboxylic acids is 1. The molecular formula is C27H28N4O3S. The van der Waals surface area contributed by atoms with Gasteiger partial charge in [0.15, 0.2) is 17.1 Å². The Morgan fingerprint density at radius 1 is 0.971 bits per heavy atom. The maximum atomic E-state index is 12.5. The number of aromatic hydroxyl groups is 1. The Kier molecular flexibility index (Phi) is 7.72. The Hall–Kier alpha value is -3.78. The summed E-state index contributed by atoms with van der Waals surface area (Å²) in [5.74, 6) is 1.70. The monoisotopic (exact) mass is 488 g/mol. The molecule has 0 saturated heterocycles. The van der Waals surface area contributed by atoms with E-state index in [0.29, 0.717) is 22.6 Å². The molecule has 180 valence electrons. The summed E-state index contributed by atoms with van der Waals surface area (Å²) >= 11 is 1.26. The Bertz CT molecular complexity index is 1270. The van der Waals surface area contributed by atoms with Crippen molar-refractivity contribution in [3.63, 3.8) is 0 Å². The maximum Gasteiger partial charge on any atom is 0.234 e. The van der Waals surface area contributed by atoms with Gasteiger partial charge in [-0.05, 0) is 54.8 Å². The first-order valence-corrected chi connectivity index (χ1v) is 12.4. The second-order valence-electron chi connectivity index (χ2n) is 8.35. The van der Waals surface area contributed by atoms with Crippen molar-refractivity contribution in [3.05, 3.63) is 90.3 Å². The third-order valence-electron chi connectivity index (χ3n) is 5.41. The smallest absolute Gasteiger partial charge is 0.234 e. The van der Waals surface area contributed by atoms with Gasteiger partial charge in [-0.15, -0.1) is 10.2 Å². The minimum absolute atomic E-state index is 0.0213. The molecule has 1 atom stereocenters. The molecule has 0 bridgehead atoms. The summed E-state index contributed by atoms with van der Waals surface area (Å²) in [6.07, 6.45) is -0.378. The third-order valence-corrected chi connectivity index (χ3v) is 6.34. The minimum atomic E-state index is -0.378. The van der Waals surface area contributed by atoms with Gasteiger partial charge in [-0.3, -0.25) is 9.36 Å². The number of phenolic OH excluding ortho intramolecular Hbond substituents is 1. The van der Waals surface area contributed by atoms with E-state index in [1.165, 1.54) is 23.4 Å². The fourth-order valence-electron chi connectivity index (χ4n) is 3.54. The SMILES string of the molecule is CC(C)c1ccc(OC(C)c2nnc(SCC(=O)Nc3ccccc3O)n2-c2ccccc2)cc1. The molecule has 0 aliphatic rings. The number of thioether (sulfide) groups is 1. The summed E-state index contributed by atoms with van der Waals surface area (Å²) < 4.78 is 8.10. The van der Waals surface area contributed by atoms with Gasteiger partial charge in [0.2, 0.25) is 5.91 Å². The molecule has 0 aliphatic heterocycles. The number of hydrogen-bond donors (Lipinski definition) is 2. The van der Waals surface area contributed by atoms with E-state index < -0.39 is 0 Å². The van der Waals surface area contributed by atoms with Gasteiger partial charge < -0.3 is 15.2 Å². The lowest BCUT2D eigenvalue weighted by molar-refractivity contribution is -0.113. The zero-order valence-electron chi connectivity index (χ0n) is 19.9. The van der Waals surface area contributed by atoms with Gasteiger partial charge in [-0.25, -0.2) is 0 Å². The average Bonchev–Trinajstić information content (AvgIpc) is 3.29. The van der Waals surface area contributed by atoms with Crippen molar-refractivity contribution >= 4 is 23.4 Å². The molecule has 2 N–H and O–H groups in total. The molecule has 1 unspecified atom stereocenters. The van der Waals surface area contributed by atoms with Crippen molar-refractivity contribution in [1.82, 2.24) is 14.8 Å². The Morgan fingerprint density at radius 2 is 1.66 bits per heavy atom. The van der Waals surface area contributed by atoms with E-state index in [1.54, 1.807) is 18.2 Å². The highest BCUT2D eigenvalue weighted by atomic mass is 32.2. The number of para-hydroxylation sites is 3. The van der Waals surface area contributed by atoms with Gasteiger partial charge in [0.05, 0.1) is 11.4 Å². The third kappa shape index (κ3) is 6.02. The molecule has 8 heteroatoms. The number of hydrogen-bond acceptors (Lipinski definition) is 6. The number of phenols is 1. The summed E-state index contributed by atoms with van der Waals surface area (Å²) in [6, 6.07) is 24.4. The van der Waals surface area contributed by atoms with Crippen molar-refractivity contribution in [1.29, 1.82) is 0 Å². The fraction of sp³-hybridized carbons (Fsp3) is 0.222. The van der Waals surface area contributed by atoms with Gasteiger partial charge in [0.25, 0.3) is 0 Å². The molecule has 0 saturated carbocycles. The van der Waals surface area contributed by atoms with Crippen LogP contribution in [0.3, 0.4) is 0 Å². The molecule has 1 heterocycles. The minimum Gasteiger partial charge on any atom is -0.506 e. The van der Waals surface area contributed by atoms with Crippen LogP contribution in [0.1, 0.15) is 44.2 Å². The van der Waals surface area contributed by atoms with Crippen LogP contribution < -0.4 is 10.1 Å². The number of nitrogens with one attached hydrogen (secondary N) is 1. The molecule has 7 nitrogen and oxygen atoms in total. The highest BCUT2D eigenvalue weighted by molar-refractivity contribution is 7.99. The fourth-order valence-corrected chi connectivity index (χ4v) is 4.30. The standard InChI is InChI=1S/C27H28N4O3S/c1-18(2)20-13-15-22(16-14-20)34-19(3)26-29-30-27(31(26)21-9-5-4-6-10-21)35-17-25(33)28-23-11-7-8-12-24(23)32/h4-16,18-19,32H,17H2,1-3H3,(H,28,33). The number of carbonyl (C=O) groups is 1. The second kappa shape index (κ2) is 11.1. The number of aromatic nitrogens is 3. The lowest BCUT2D eigenvalue weighted by atomic mass is 10.0. The topological polar surface area (TPSA) is 89.3 Å². The highest BCUT2D eigenvalue weighted by Crippen LogP contribution is 2.29. The van der Waals surface area contributed by atoms with Crippen molar-refractivity contribution < 1.29 is 14.6 Å². The number of ether oxygens (including phenoxy) is 1. The van der Waals surface area contributed by atoms with Gasteiger partial charge in [-0.2, -0.15) is 0 Å². The van der Waals surface area contributed by atoms with Crippen LogP contribution in [0, 0.1) is 0 Å². The predicted octanol–water partition coefficient (Wildman–Crippen LogP) is 5.97. The lowest BCUT2D eigenvalue weighted by Crippen LogP contribution is -2.15. The van der Waals surface area contributed by atoms with Crippen molar-refractivity contribution in [2.75, 3.05) is 11.1 Å². The largest absolute Gasteiger partial charge is 0.506 e. The number of amides is 1. The number of rotatable bonds is 9. The zero-order valence-corrected chi connectivity index (χ0v) is 20.7. The van der Waals surface area contributed by atoms with Crippen LogP contribution in [0.5, 0.6) is 11.5 Å². The van der Waals surface area contributed by atoms with E-state index in [9.17, 15) is 9.90 Å². The predicted molar refractivity (Wildman–Crippen MR) is 138 cm³/mol. The van der Waals surface area contributed by atoms with E-state index in [4.69, 9.17) is 4.74 Å². The summed E-state index contributed by atoms with van der Waals surface area (Å²) in [5, 5.41) is 22.0. The summed E-state index contributed by atoms with van der Waals surface area (Å²) in [7, 11) is 0. The second-order valence-corrected chi connectivity index (χ2v) is 9.29. The van der Waals surface area contributed by atoms with E-state index in [1.807, 2.05) is 54.0 Å². The van der Waals surface area contributed by atoms with Crippen LogP contribution >= 0.6 is 11.8 Å². The van der Waals surface area contributed by atoms with Crippen LogP contribution in [0.15, 0.2) is 84.0 Å². The number of anilines is 1. The summed E-state index contributed by atoms with van der Waals surface area (Å²) in [5.41, 5.74) is 2.49. The van der Waals surface area contributed by atoms with E-state index in [2.05, 4.69) is 41.5 Å². The molecule has 0 aliphatic carbocycles. The Labute approximate surface area is 209 Å². The van der Waals surface area contributed by atoms with Crippen LogP contribution in [-0.2, 0) is 4.79 Å². The Morgan fingerprint density at radius 3 is 2.34 bits per heavy atom. The van der Waals surface area contributed by atoms with Gasteiger partial charge in [0, 0.05) is 5.69 Å². The molecule has 3 aromatic carbocycles. The molecule has 0 fully saturated rings. The maximum absolute atomic E-state index is 12.5. The molecule has 4 rings (SSSR count). The van der Waals surface area contributed by atoms with Crippen LogP contribution in [-0.4, -0.2) is 31.5 Å². The number of nitrogens with zero attached hydrogens (tertiary/aromatic N) is 3. The molecule has 4 aromatic rings. The van der Waals surface area contributed by atoms with Crippen LogP contribution in [0.4, 0.5) is 5.69 Å². The van der Waals surface area contributed by atoms with Crippen molar-refractivity contribution in [3.8, 4) is 17.2 Å². The number of benzene rings is 3. The van der Waals surface area contributed by atoms with E-state index in [0.717, 1.165) is 11.4 Å². The molecule has 0 spiro atoms. The molecule has 1 aromatic heterocycles. The van der Waals surface area contributed by atoms with E-state index in [-0.39, 0.29) is 23.5 Å². The highest BCUT2D eigenvalue weighted by Gasteiger charge is 2.22. The average molecular weight is 489 g/mol. The first kappa shape index (κ1) is 24.3. The molecule has 1 amide bonds.